The molecule has 3 heterocycles. The van der Waals surface area contributed by atoms with E-state index >= 15 is 0 Å². The number of hydrogen-bond acceptors (Lipinski definition) is 6. The second kappa shape index (κ2) is 5.54. The van der Waals surface area contributed by atoms with E-state index in [0.717, 1.165) is 42.9 Å². The fourth-order valence-corrected chi connectivity index (χ4v) is 5.50. The summed E-state index contributed by atoms with van der Waals surface area (Å²) in [7, 11) is -3.13. The van der Waals surface area contributed by atoms with Gasteiger partial charge in [-0.2, -0.15) is 4.31 Å². The number of sulfonamides is 1. The highest BCUT2D eigenvalue weighted by Gasteiger charge is 2.48. The highest BCUT2D eigenvalue weighted by Crippen LogP contribution is 2.35. The van der Waals surface area contributed by atoms with Gasteiger partial charge in [0.25, 0.3) is 0 Å². The zero-order valence-electron chi connectivity index (χ0n) is 13.6. The summed E-state index contributed by atoms with van der Waals surface area (Å²) in [5.41, 5.74) is 2.01. The molecule has 0 bridgehead atoms. The first-order valence-corrected chi connectivity index (χ1v) is 9.73. The maximum atomic E-state index is 12.5. The van der Waals surface area contributed by atoms with Crippen molar-refractivity contribution in [2.24, 2.45) is 0 Å². The third-order valence-corrected chi connectivity index (χ3v) is 7.56. The van der Waals surface area contributed by atoms with Crippen LogP contribution in [0.15, 0.2) is 4.52 Å². The molecule has 1 aliphatic carbocycles. The van der Waals surface area contributed by atoms with Crippen LogP contribution in [-0.4, -0.2) is 66.4 Å². The lowest BCUT2D eigenvalue weighted by atomic mass is 10.1. The van der Waals surface area contributed by atoms with E-state index in [1.807, 2.05) is 13.8 Å². The van der Waals surface area contributed by atoms with E-state index in [-0.39, 0.29) is 17.4 Å². The van der Waals surface area contributed by atoms with Gasteiger partial charge in [-0.05, 0) is 26.7 Å². The van der Waals surface area contributed by atoms with Crippen LogP contribution in [0, 0.1) is 13.8 Å². The van der Waals surface area contributed by atoms with E-state index in [9.17, 15) is 8.42 Å². The predicted octanol–water partition coefficient (Wildman–Crippen LogP) is 0.669. The molecule has 0 N–H and O–H groups in total. The van der Waals surface area contributed by atoms with E-state index in [1.165, 1.54) is 0 Å². The predicted molar refractivity (Wildman–Crippen MR) is 83.4 cm³/mol. The van der Waals surface area contributed by atoms with Gasteiger partial charge >= 0.3 is 0 Å². The quantitative estimate of drug-likeness (QED) is 0.801. The summed E-state index contributed by atoms with van der Waals surface area (Å²) >= 11 is 0. The fourth-order valence-electron chi connectivity index (χ4n) is 3.64. The molecule has 4 rings (SSSR count). The van der Waals surface area contributed by atoms with E-state index in [0.29, 0.717) is 19.7 Å². The molecule has 23 heavy (non-hydrogen) atoms. The van der Waals surface area contributed by atoms with Gasteiger partial charge in [-0.3, -0.25) is 4.90 Å². The molecule has 0 spiro atoms. The van der Waals surface area contributed by atoms with Crippen LogP contribution in [0.3, 0.4) is 0 Å². The summed E-state index contributed by atoms with van der Waals surface area (Å²) in [6, 6.07) is 0.117. The lowest BCUT2D eigenvalue weighted by molar-refractivity contribution is -0.0504. The van der Waals surface area contributed by atoms with Crippen molar-refractivity contribution < 1.29 is 17.7 Å². The molecule has 0 aromatic carbocycles. The van der Waals surface area contributed by atoms with E-state index in [4.69, 9.17) is 9.26 Å². The fraction of sp³-hybridized carbons (Fsp3) is 0.800. The van der Waals surface area contributed by atoms with Crippen molar-refractivity contribution in [3.8, 4) is 0 Å². The molecule has 2 atom stereocenters. The van der Waals surface area contributed by atoms with Crippen LogP contribution < -0.4 is 0 Å². The molecule has 1 aromatic rings. The number of nitrogens with zero attached hydrogens (tertiary/aromatic N) is 3. The highest BCUT2D eigenvalue weighted by atomic mass is 32.2. The van der Waals surface area contributed by atoms with Crippen molar-refractivity contribution in [1.82, 2.24) is 14.4 Å². The van der Waals surface area contributed by atoms with Crippen molar-refractivity contribution in [1.29, 1.82) is 0 Å². The summed E-state index contributed by atoms with van der Waals surface area (Å²) in [5, 5.41) is 3.86. The van der Waals surface area contributed by atoms with E-state index in [1.54, 1.807) is 4.31 Å². The lowest BCUT2D eigenvalue weighted by Gasteiger charge is -2.36. The second-order valence-corrected chi connectivity index (χ2v) is 9.02. The molecule has 2 aliphatic heterocycles. The Kier molecular flexibility index (Phi) is 3.75. The Hall–Kier alpha value is -0.960. The molecule has 0 amide bonds. The van der Waals surface area contributed by atoms with Gasteiger partial charge in [0.2, 0.25) is 10.0 Å². The van der Waals surface area contributed by atoms with Gasteiger partial charge in [-0.1, -0.05) is 5.16 Å². The topological polar surface area (TPSA) is 75.9 Å². The average molecular weight is 341 g/mol. The molecule has 1 aromatic heterocycles. The molecular weight excluding hydrogens is 318 g/mol. The van der Waals surface area contributed by atoms with Gasteiger partial charge in [-0.15, -0.1) is 0 Å². The van der Waals surface area contributed by atoms with Crippen LogP contribution >= 0.6 is 0 Å². The third-order valence-electron chi connectivity index (χ3n) is 5.23. The van der Waals surface area contributed by atoms with Crippen molar-refractivity contribution in [3.05, 3.63) is 17.0 Å². The Morgan fingerprint density at radius 2 is 2.04 bits per heavy atom. The van der Waals surface area contributed by atoms with Crippen molar-refractivity contribution in [2.45, 2.75) is 50.6 Å². The Morgan fingerprint density at radius 1 is 1.26 bits per heavy atom. The smallest absolute Gasteiger partial charge is 0.217 e. The minimum Gasteiger partial charge on any atom is -0.374 e. The van der Waals surface area contributed by atoms with Gasteiger partial charge in [0.1, 0.15) is 5.76 Å². The Morgan fingerprint density at radius 3 is 2.70 bits per heavy atom. The first kappa shape index (κ1) is 15.6. The number of hydrogen-bond donors (Lipinski definition) is 0. The van der Waals surface area contributed by atoms with Crippen molar-refractivity contribution >= 4 is 10.0 Å². The number of morpholine rings is 1. The van der Waals surface area contributed by atoms with Crippen LogP contribution in [0.1, 0.15) is 29.9 Å². The van der Waals surface area contributed by atoms with Gasteiger partial charge in [0, 0.05) is 31.7 Å². The normalized spacial score (nSPS) is 29.8. The van der Waals surface area contributed by atoms with E-state index < -0.39 is 10.0 Å². The summed E-state index contributed by atoms with van der Waals surface area (Å²) in [5.74, 6) is 0.839. The maximum Gasteiger partial charge on any atom is 0.217 e. The molecule has 1 saturated carbocycles. The maximum absolute atomic E-state index is 12.5. The van der Waals surface area contributed by atoms with Gasteiger partial charge < -0.3 is 9.26 Å². The summed E-state index contributed by atoms with van der Waals surface area (Å²) in [4.78, 5) is 2.32. The molecule has 8 heteroatoms. The van der Waals surface area contributed by atoms with Crippen LogP contribution in [0.5, 0.6) is 0 Å². The molecule has 7 nitrogen and oxygen atoms in total. The first-order valence-electron chi connectivity index (χ1n) is 8.23. The summed E-state index contributed by atoms with van der Waals surface area (Å²) in [6.07, 6.45) is 1.58. The first-order chi connectivity index (χ1) is 11.0. The number of ether oxygens (including phenoxy) is 1. The molecule has 2 saturated heterocycles. The summed E-state index contributed by atoms with van der Waals surface area (Å²) in [6.45, 7) is 7.08. The van der Waals surface area contributed by atoms with Gasteiger partial charge in [0.15, 0.2) is 0 Å². The van der Waals surface area contributed by atoms with Crippen LogP contribution in [0.4, 0.5) is 0 Å². The minimum absolute atomic E-state index is 0.0299. The number of rotatable bonds is 4. The van der Waals surface area contributed by atoms with Crippen LogP contribution in [0.25, 0.3) is 0 Å². The minimum atomic E-state index is -3.13. The van der Waals surface area contributed by atoms with Crippen LogP contribution in [-0.2, 0) is 21.3 Å². The van der Waals surface area contributed by atoms with Gasteiger partial charge in [0.05, 0.1) is 29.7 Å². The number of aryl methyl sites for hydroxylation is 2. The zero-order chi connectivity index (χ0) is 16.2. The van der Waals surface area contributed by atoms with Crippen molar-refractivity contribution in [3.63, 3.8) is 0 Å². The third kappa shape index (κ3) is 2.71. The number of aromatic nitrogens is 1. The molecule has 128 valence electrons. The molecule has 0 unspecified atom stereocenters. The van der Waals surface area contributed by atoms with E-state index in [2.05, 4.69) is 10.1 Å². The molecule has 0 radical (unpaired) electrons. The molecular formula is C15H23N3O4S. The summed E-state index contributed by atoms with van der Waals surface area (Å²) < 4.78 is 37.7. The largest absolute Gasteiger partial charge is 0.374 e. The lowest BCUT2D eigenvalue weighted by Crippen LogP contribution is -2.50. The monoisotopic (exact) mass is 341 g/mol. The Bertz CT molecular complexity index is 678. The van der Waals surface area contributed by atoms with Crippen molar-refractivity contribution in [2.75, 3.05) is 26.2 Å². The average Bonchev–Trinajstić information content (AvgIpc) is 3.22. The SMILES string of the molecule is Cc1noc(C)c1CN1CCO[C@@H]2CN(S(=O)(=O)C3CC3)C[C@@H]21. The zero-order valence-corrected chi connectivity index (χ0v) is 14.4. The van der Waals surface area contributed by atoms with Gasteiger partial charge in [-0.25, -0.2) is 8.42 Å². The van der Waals surface area contributed by atoms with Crippen LogP contribution in [0.2, 0.25) is 0 Å². The second-order valence-electron chi connectivity index (χ2n) is 6.81. The Labute approximate surface area is 136 Å². The highest BCUT2D eigenvalue weighted by molar-refractivity contribution is 7.90. The standard InChI is InChI=1S/C15H23N3O4S/c1-10-13(11(2)22-16-10)7-17-5-6-21-15-9-18(8-14(15)17)23(19,20)12-3-4-12/h12,14-15H,3-9H2,1-2H3/t14-,15+/m0/s1. The Balaban J connectivity index is 1.52. The molecule has 3 fully saturated rings. The molecule has 3 aliphatic rings. The number of fused-ring (bicyclic) bond motifs is 1.